The number of thiazole rings is 1. The largest absolute Gasteiger partial charge is 0.450 e. The summed E-state index contributed by atoms with van der Waals surface area (Å²) in [5, 5.41) is -0.0303. The highest BCUT2D eigenvalue weighted by Gasteiger charge is 2.66. The van der Waals surface area contributed by atoms with Crippen molar-refractivity contribution in [2.45, 2.75) is 19.4 Å². The van der Waals surface area contributed by atoms with Crippen molar-refractivity contribution in [1.82, 2.24) is 4.98 Å². The van der Waals surface area contributed by atoms with Crippen LogP contribution in [0.4, 0.5) is 15.2 Å². The summed E-state index contributed by atoms with van der Waals surface area (Å²) in [4.78, 5) is 62.0. The van der Waals surface area contributed by atoms with Crippen LogP contribution in [0.25, 0.3) is 11.0 Å². The number of amides is 2. The van der Waals surface area contributed by atoms with Crippen LogP contribution in [0.5, 0.6) is 0 Å². The Labute approximate surface area is 213 Å². The second kappa shape index (κ2) is 7.78. The highest BCUT2D eigenvalue weighted by molar-refractivity contribution is 7.17. The summed E-state index contributed by atoms with van der Waals surface area (Å²) in [6.07, 6.45) is 1.54. The van der Waals surface area contributed by atoms with E-state index in [1.807, 2.05) is 0 Å². The molecule has 1 spiro atoms. The first kappa shape index (κ1) is 23.0. The molecule has 0 saturated carbocycles. The molecule has 184 valence electrons. The maximum atomic E-state index is 14.4. The summed E-state index contributed by atoms with van der Waals surface area (Å²) < 4.78 is 20.1. The lowest BCUT2D eigenvalue weighted by Crippen LogP contribution is -2.53. The molecule has 6 rings (SSSR count). The van der Waals surface area contributed by atoms with Gasteiger partial charge in [-0.2, -0.15) is 0 Å². The SMILES string of the molecule is C=CCN1C(=O)C2(c3ccccc31)c1c(oc3ccc(F)cc3c1=O)C(=O)N2c1nc(C)c(C(C)=O)s1. The molecule has 0 saturated heterocycles. The van der Waals surface area contributed by atoms with Crippen LogP contribution in [0.2, 0.25) is 0 Å². The number of aryl methyl sites for hydroxylation is 1. The average molecular weight is 516 g/mol. The molecule has 1 atom stereocenters. The Bertz CT molecular complexity index is 1770. The molecule has 37 heavy (non-hydrogen) atoms. The number of anilines is 2. The van der Waals surface area contributed by atoms with E-state index in [9.17, 15) is 23.6 Å². The normalized spacial score (nSPS) is 18.1. The topological polar surface area (TPSA) is 101 Å². The molecule has 4 heterocycles. The first-order valence-electron chi connectivity index (χ1n) is 11.3. The number of para-hydroxylation sites is 1. The molecular weight excluding hydrogens is 497 g/mol. The number of Topliss-reactive ketones (excluding diaryl/α,β-unsaturated/α-hetero) is 1. The van der Waals surface area contributed by atoms with Crippen molar-refractivity contribution in [2.24, 2.45) is 0 Å². The zero-order chi connectivity index (χ0) is 26.2. The van der Waals surface area contributed by atoms with Crippen LogP contribution in [0, 0.1) is 12.7 Å². The van der Waals surface area contributed by atoms with Crippen LogP contribution in [0.1, 0.15) is 44.0 Å². The third-order valence-corrected chi connectivity index (χ3v) is 7.94. The Morgan fingerprint density at radius 1 is 1.22 bits per heavy atom. The van der Waals surface area contributed by atoms with Gasteiger partial charge in [-0.25, -0.2) is 9.37 Å². The van der Waals surface area contributed by atoms with Gasteiger partial charge in [-0.1, -0.05) is 35.6 Å². The van der Waals surface area contributed by atoms with Crippen LogP contribution >= 0.6 is 11.3 Å². The summed E-state index contributed by atoms with van der Waals surface area (Å²) in [6.45, 7) is 6.87. The van der Waals surface area contributed by atoms with E-state index in [1.54, 1.807) is 31.2 Å². The van der Waals surface area contributed by atoms with Crippen LogP contribution in [-0.2, 0) is 10.3 Å². The molecule has 2 aromatic heterocycles. The second-order valence-electron chi connectivity index (χ2n) is 8.82. The molecule has 1 unspecified atom stereocenters. The predicted octanol–water partition coefficient (Wildman–Crippen LogP) is 4.34. The van der Waals surface area contributed by atoms with Gasteiger partial charge in [-0.15, -0.1) is 6.58 Å². The highest BCUT2D eigenvalue weighted by Crippen LogP contribution is 2.54. The van der Waals surface area contributed by atoms with Crippen LogP contribution in [0.3, 0.4) is 0 Å². The third-order valence-electron chi connectivity index (χ3n) is 6.69. The van der Waals surface area contributed by atoms with Gasteiger partial charge < -0.3 is 9.32 Å². The van der Waals surface area contributed by atoms with E-state index in [-0.39, 0.29) is 39.8 Å². The molecule has 0 bridgehead atoms. The Kier molecular flexibility index (Phi) is 4.83. The molecule has 8 nitrogen and oxygen atoms in total. The van der Waals surface area contributed by atoms with Crippen LogP contribution in [-0.4, -0.2) is 29.1 Å². The first-order valence-corrected chi connectivity index (χ1v) is 12.2. The fraction of sp³-hybridized carbons (Fsp3) is 0.148. The molecule has 2 aliphatic rings. The lowest BCUT2D eigenvalue weighted by molar-refractivity contribution is -0.121. The van der Waals surface area contributed by atoms with E-state index >= 15 is 0 Å². The van der Waals surface area contributed by atoms with Gasteiger partial charge in [0.15, 0.2) is 21.9 Å². The monoisotopic (exact) mass is 515 g/mol. The van der Waals surface area contributed by atoms with Gasteiger partial charge in [0.25, 0.3) is 11.8 Å². The van der Waals surface area contributed by atoms with Gasteiger partial charge in [-0.3, -0.25) is 24.1 Å². The first-order chi connectivity index (χ1) is 17.7. The summed E-state index contributed by atoms with van der Waals surface area (Å²) in [6, 6.07) is 10.2. The minimum atomic E-state index is -1.97. The number of rotatable bonds is 4. The van der Waals surface area contributed by atoms with Crippen molar-refractivity contribution >= 4 is 50.7 Å². The standard InChI is InChI=1S/C27H18FN3O5S/c1-4-11-30-18-8-6-5-7-17(18)27(25(30)35)20-21(33)16-12-15(28)9-10-19(16)36-22(20)24(34)31(27)26-29-13(2)23(37-26)14(3)32/h4-10,12H,1,11H2,2-3H3. The Balaban J connectivity index is 1.78. The van der Waals surface area contributed by atoms with E-state index in [2.05, 4.69) is 11.6 Å². The van der Waals surface area contributed by atoms with Crippen molar-refractivity contribution in [3.63, 3.8) is 0 Å². The Morgan fingerprint density at radius 2 is 1.97 bits per heavy atom. The molecule has 0 N–H and O–H groups in total. The molecule has 2 aromatic carbocycles. The van der Waals surface area contributed by atoms with Crippen molar-refractivity contribution in [2.75, 3.05) is 16.3 Å². The van der Waals surface area contributed by atoms with Crippen LogP contribution < -0.4 is 15.2 Å². The Morgan fingerprint density at radius 3 is 2.68 bits per heavy atom. The van der Waals surface area contributed by atoms with Gasteiger partial charge in [0, 0.05) is 19.0 Å². The number of hydrogen-bond donors (Lipinski definition) is 0. The number of carbonyl (C=O) groups excluding carboxylic acids is 3. The zero-order valence-corrected chi connectivity index (χ0v) is 20.5. The number of aromatic nitrogens is 1. The van der Waals surface area contributed by atoms with Gasteiger partial charge >= 0.3 is 0 Å². The van der Waals surface area contributed by atoms with Crippen molar-refractivity contribution in [3.8, 4) is 0 Å². The summed E-state index contributed by atoms with van der Waals surface area (Å²) in [5.74, 6) is -2.58. The molecule has 2 aliphatic heterocycles. The van der Waals surface area contributed by atoms with Crippen LogP contribution in [0.15, 0.2) is 64.3 Å². The number of hydrogen-bond acceptors (Lipinski definition) is 7. The number of ketones is 1. The van der Waals surface area contributed by atoms with Crippen molar-refractivity contribution < 1.29 is 23.2 Å². The minimum absolute atomic E-state index is 0.0110. The molecule has 2 amide bonds. The zero-order valence-electron chi connectivity index (χ0n) is 19.7. The number of halogens is 1. The summed E-state index contributed by atoms with van der Waals surface area (Å²) in [7, 11) is 0. The van der Waals surface area contributed by atoms with Crippen molar-refractivity contribution in [1.29, 1.82) is 0 Å². The minimum Gasteiger partial charge on any atom is -0.450 e. The summed E-state index contributed by atoms with van der Waals surface area (Å²) >= 11 is 0.954. The van der Waals surface area contributed by atoms with E-state index < -0.39 is 28.6 Å². The average Bonchev–Trinajstić information content (AvgIpc) is 3.46. The van der Waals surface area contributed by atoms with Gasteiger partial charge in [0.05, 0.1) is 27.2 Å². The maximum absolute atomic E-state index is 14.4. The Hall–Kier alpha value is -4.44. The maximum Gasteiger partial charge on any atom is 0.297 e. The van der Waals surface area contributed by atoms with E-state index in [0.717, 1.165) is 28.4 Å². The molecule has 10 heteroatoms. The molecule has 0 fully saturated rings. The molecule has 0 aliphatic carbocycles. The van der Waals surface area contributed by atoms with E-state index in [4.69, 9.17) is 4.42 Å². The second-order valence-corrected chi connectivity index (χ2v) is 9.79. The van der Waals surface area contributed by atoms with Crippen molar-refractivity contribution in [3.05, 3.63) is 98.6 Å². The van der Waals surface area contributed by atoms with Gasteiger partial charge in [0.1, 0.15) is 11.4 Å². The molecule has 4 aromatic rings. The van der Waals surface area contributed by atoms with E-state index in [1.165, 1.54) is 24.0 Å². The lowest BCUT2D eigenvalue weighted by atomic mass is 9.84. The van der Waals surface area contributed by atoms with E-state index in [0.29, 0.717) is 21.8 Å². The smallest absolute Gasteiger partial charge is 0.297 e. The number of nitrogens with zero attached hydrogens (tertiary/aromatic N) is 3. The molecule has 0 radical (unpaired) electrons. The van der Waals surface area contributed by atoms with Gasteiger partial charge in [-0.05, 0) is 31.2 Å². The molecular formula is C27H18FN3O5S. The lowest BCUT2D eigenvalue weighted by Gasteiger charge is -2.32. The highest BCUT2D eigenvalue weighted by atomic mass is 32.1. The fourth-order valence-electron chi connectivity index (χ4n) is 5.25. The predicted molar refractivity (Wildman–Crippen MR) is 136 cm³/mol. The number of carbonyl (C=O) groups is 3. The quantitative estimate of drug-likeness (QED) is 0.296. The third kappa shape index (κ3) is 2.84. The number of fused-ring (bicyclic) bond motifs is 5. The number of benzene rings is 2. The fourth-order valence-corrected chi connectivity index (χ4v) is 6.26. The van der Waals surface area contributed by atoms with Gasteiger partial charge in [0.2, 0.25) is 5.76 Å². The summed E-state index contributed by atoms with van der Waals surface area (Å²) in [5.41, 5.74) is -1.62.